The highest BCUT2D eigenvalue weighted by atomic mass is 32.1. The first-order valence-corrected chi connectivity index (χ1v) is 9.66. The lowest BCUT2D eigenvalue weighted by atomic mass is 10.1. The number of carbonyl (C=O) groups excluding carboxylic acids is 1. The van der Waals surface area contributed by atoms with Gasteiger partial charge < -0.3 is 20.1 Å². The predicted molar refractivity (Wildman–Crippen MR) is 118 cm³/mol. The number of carbonyl (C=O) groups is 1. The molecule has 0 heterocycles. The second kappa shape index (κ2) is 10.8. The molecule has 29 heavy (non-hydrogen) atoms. The fourth-order valence-electron chi connectivity index (χ4n) is 2.63. The van der Waals surface area contributed by atoms with E-state index < -0.39 is 0 Å². The molecular formula is C23H22N2O3S. The number of thiocarbonyl (C=S) groups is 1. The number of hydrogen-bond acceptors (Lipinski definition) is 4. The number of benzene rings is 3. The van der Waals surface area contributed by atoms with Crippen molar-refractivity contribution in [2.24, 2.45) is 0 Å². The molecule has 3 aromatic carbocycles. The van der Waals surface area contributed by atoms with Crippen LogP contribution in [-0.4, -0.2) is 24.2 Å². The highest BCUT2D eigenvalue weighted by molar-refractivity contribution is 7.80. The van der Waals surface area contributed by atoms with Gasteiger partial charge in [-0.2, -0.15) is 0 Å². The number of anilines is 1. The average Bonchev–Trinajstić information content (AvgIpc) is 2.73. The molecular weight excluding hydrogens is 384 g/mol. The van der Waals surface area contributed by atoms with Gasteiger partial charge in [0.2, 0.25) is 5.91 Å². The molecule has 148 valence electrons. The molecule has 6 heteroatoms. The molecule has 3 aromatic rings. The van der Waals surface area contributed by atoms with E-state index >= 15 is 0 Å². The summed E-state index contributed by atoms with van der Waals surface area (Å²) in [7, 11) is 0. The van der Waals surface area contributed by atoms with Crippen LogP contribution in [0.1, 0.15) is 5.56 Å². The average molecular weight is 407 g/mol. The van der Waals surface area contributed by atoms with Crippen LogP contribution < -0.4 is 20.1 Å². The highest BCUT2D eigenvalue weighted by Crippen LogP contribution is 2.23. The number of hydrogen-bond donors (Lipinski definition) is 2. The molecule has 0 aromatic heterocycles. The van der Waals surface area contributed by atoms with Gasteiger partial charge in [0.05, 0.1) is 12.1 Å². The zero-order valence-corrected chi connectivity index (χ0v) is 16.7. The van der Waals surface area contributed by atoms with Gasteiger partial charge in [0.1, 0.15) is 24.7 Å². The molecule has 1 amide bonds. The standard InChI is InChI=1S/C23H22N2O3S/c26-22(17-18-9-3-1-4-10-18)25-23(29)24-20-13-7-8-14-21(20)28-16-15-27-19-11-5-2-6-12-19/h1-14H,15-17H2,(H2,24,25,26,29). The zero-order chi connectivity index (χ0) is 20.3. The maximum Gasteiger partial charge on any atom is 0.230 e. The molecule has 3 rings (SSSR count). The fraction of sp³-hybridized carbons (Fsp3) is 0.130. The lowest BCUT2D eigenvalue weighted by Crippen LogP contribution is -2.35. The number of para-hydroxylation sites is 3. The Balaban J connectivity index is 1.47. The van der Waals surface area contributed by atoms with Crippen LogP contribution in [0.5, 0.6) is 11.5 Å². The Labute approximate surface area is 175 Å². The van der Waals surface area contributed by atoms with Crippen LogP contribution in [0.25, 0.3) is 0 Å². The largest absolute Gasteiger partial charge is 0.490 e. The van der Waals surface area contributed by atoms with Crippen molar-refractivity contribution in [1.82, 2.24) is 5.32 Å². The molecule has 0 radical (unpaired) electrons. The van der Waals surface area contributed by atoms with Gasteiger partial charge in [-0.3, -0.25) is 4.79 Å². The van der Waals surface area contributed by atoms with Gasteiger partial charge in [-0.25, -0.2) is 0 Å². The van der Waals surface area contributed by atoms with E-state index in [2.05, 4.69) is 10.6 Å². The highest BCUT2D eigenvalue weighted by Gasteiger charge is 2.09. The van der Waals surface area contributed by atoms with Crippen LogP contribution >= 0.6 is 12.2 Å². The molecule has 0 saturated carbocycles. The summed E-state index contributed by atoms with van der Waals surface area (Å²) in [5.74, 6) is 1.25. The molecule has 0 fully saturated rings. The van der Waals surface area contributed by atoms with Crippen LogP contribution in [0.4, 0.5) is 5.69 Å². The first-order valence-electron chi connectivity index (χ1n) is 9.25. The second-order valence-electron chi connectivity index (χ2n) is 6.17. The van der Waals surface area contributed by atoms with Crippen molar-refractivity contribution >= 4 is 28.9 Å². The first-order chi connectivity index (χ1) is 14.2. The normalized spacial score (nSPS) is 10.1. The summed E-state index contributed by atoms with van der Waals surface area (Å²) in [6.45, 7) is 0.789. The maximum atomic E-state index is 12.2. The maximum absolute atomic E-state index is 12.2. The zero-order valence-electron chi connectivity index (χ0n) is 15.8. The molecule has 0 aliphatic rings. The van der Waals surface area contributed by atoms with Crippen molar-refractivity contribution in [2.45, 2.75) is 6.42 Å². The Morgan fingerprint density at radius 1 is 0.793 bits per heavy atom. The third-order valence-corrected chi connectivity index (χ3v) is 4.15. The summed E-state index contributed by atoms with van der Waals surface area (Å²) in [6, 6.07) is 26.5. The Bertz CT molecular complexity index is 933. The van der Waals surface area contributed by atoms with Crippen LogP contribution in [0, 0.1) is 0 Å². The van der Waals surface area contributed by atoms with E-state index in [0.717, 1.165) is 11.3 Å². The quantitative estimate of drug-likeness (QED) is 0.434. The number of amides is 1. The van der Waals surface area contributed by atoms with Crippen LogP contribution in [0.3, 0.4) is 0 Å². The topological polar surface area (TPSA) is 59.6 Å². The Kier molecular flexibility index (Phi) is 7.60. The van der Waals surface area contributed by atoms with Crippen molar-refractivity contribution in [2.75, 3.05) is 18.5 Å². The van der Waals surface area contributed by atoms with Gasteiger partial charge in [0.25, 0.3) is 0 Å². The monoisotopic (exact) mass is 406 g/mol. The number of ether oxygens (including phenoxy) is 2. The Hall–Kier alpha value is -3.38. The molecule has 0 atom stereocenters. The summed E-state index contributed by atoms with van der Waals surface area (Å²) in [6.07, 6.45) is 0.262. The Morgan fingerprint density at radius 2 is 1.41 bits per heavy atom. The first kappa shape index (κ1) is 20.4. The van der Waals surface area contributed by atoms with Gasteiger partial charge in [-0.15, -0.1) is 0 Å². The summed E-state index contributed by atoms with van der Waals surface area (Å²) in [4.78, 5) is 12.2. The van der Waals surface area contributed by atoms with E-state index in [4.69, 9.17) is 21.7 Å². The van der Waals surface area contributed by atoms with Crippen LogP contribution in [0.15, 0.2) is 84.9 Å². The number of rotatable bonds is 8. The van der Waals surface area contributed by atoms with Gasteiger partial charge in [0.15, 0.2) is 5.11 Å². The van der Waals surface area contributed by atoms with Crippen molar-refractivity contribution < 1.29 is 14.3 Å². The smallest absolute Gasteiger partial charge is 0.230 e. The van der Waals surface area contributed by atoms with Gasteiger partial charge in [0, 0.05) is 0 Å². The summed E-state index contributed by atoms with van der Waals surface area (Å²) < 4.78 is 11.4. The molecule has 5 nitrogen and oxygen atoms in total. The van der Waals surface area contributed by atoms with Crippen molar-refractivity contribution in [3.8, 4) is 11.5 Å². The van der Waals surface area contributed by atoms with E-state index in [-0.39, 0.29) is 17.4 Å². The van der Waals surface area contributed by atoms with E-state index in [1.165, 1.54) is 0 Å². The molecule has 0 aliphatic carbocycles. The van der Waals surface area contributed by atoms with Crippen molar-refractivity contribution in [3.05, 3.63) is 90.5 Å². The summed E-state index contributed by atoms with van der Waals surface area (Å²) >= 11 is 5.26. The minimum absolute atomic E-state index is 0.177. The molecule has 0 saturated heterocycles. The van der Waals surface area contributed by atoms with Gasteiger partial charge in [-0.05, 0) is 42.0 Å². The second-order valence-corrected chi connectivity index (χ2v) is 6.58. The van der Waals surface area contributed by atoms with Gasteiger partial charge >= 0.3 is 0 Å². The third kappa shape index (κ3) is 6.93. The third-order valence-electron chi connectivity index (χ3n) is 3.95. The SMILES string of the molecule is O=C(Cc1ccccc1)NC(=S)Nc1ccccc1OCCOc1ccccc1. The molecule has 0 bridgehead atoms. The minimum atomic E-state index is -0.177. The van der Waals surface area contributed by atoms with Crippen LogP contribution in [0.2, 0.25) is 0 Å². The predicted octanol–water partition coefficient (Wildman–Crippen LogP) is 4.20. The van der Waals surface area contributed by atoms with E-state index in [0.29, 0.717) is 24.7 Å². The lowest BCUT2D eigenvalue weighted by Gasteiger charge is -2.14. The van der Waals surface area contributed by atoms with Crippen molar-refractivity contribution in [3.63, 3.8) is 0 Å². The van der Waals surface area contributed by atoms with Crippen molar-refractivity contribution in [1.29, 1.82) is 0 Å². The summed E-state index contributed by atoms with van der Waals surface area (Å²) in [5, 5.41) is 5.94. The number of nitrogens with one attached hydrogen (secondary N) is 2. The van der Waals surface area contributed by atoms with E-state index in [1.54, 1.807) is 0 Å². The minimum Gasteiger partial charge on any atom is -0.490 e. The Morgan fingerprint density at radius 3 is 2.17 bits per heavy atom. The molecule has 2 N–H and O–H groups in total. The lowest BCUT2D eigenvalue weighted by molar-refractivity contribution is -0.119. The van der Waals surface area contributed by atoms with Gasteiger partial charge in [-0.1, -0.05) is 60.7 Å². The molecule has 0 aliphatic heterocycles. The fourth-order valence-corrected chi connectivity index (χ4v) is 2.85. The van der Waals surface area contributed by atoms with E-state index in [9.17, 15) is 4.79 Å². The van der Waals surface area contributed by atoms with E-state index in [1.807, 2.05) is 84.9 Å². The molecule has 0 spiro atoms. The van der Waals surface area contributed by atoms with Crippen LogP contribution in [-0.2, 0) is 11.2 Å². The summed E-state index contributed by atoms with van der Waals surface area (Å²) in [5.41, 5.74) is 1.60. The molecule has 0 unspecified atom stereocenters.